The van der Waals surface area contributed by atoms with E-state index in [-0.39, 0.29) is 5.41 Å². The summed E-state index contributed by atoms with van der Waals surface area (Å²) in [5.41, 5.74) is 11.7. The molecule has 59 heavy (non-hydrogen) atoms. The van der Waals surface area contributed by atoms with Gasteiger partial charge >= 0.3 is 0 Å². The molecule has 278 valence electrons. The van der Waals surface area contributed by atoms with Gasteiger partial charge in [-0.3, -0.25) is 0 Å². The van der Waals surface area contributed by atoms with Gasteiger partial charge in [-0.25, -0.2) is 9.97 Å². The molecule has 2 heterocycles. The smallest absolute Gasteiger partial charge is 0.170 e. The first kappa shape index (κ1) is 33.6. The van der Waals surface area contributed by atoms with Gasteiger partial charge in [-0.15, -0.1) is 0 Å². The molecule has 0 N–H and O–H groups in total. The average molecular weight is 757 g/mol. The SMILES string of the molecule is CC1(C)c2ccccc2-c2cc3c(cc21)Oc1ccc(-c2cccc(-c4cc(-c5ccc6c7ccccc7c7ccccc7c6c5)nc(-c5ccccc5)n4)c2)cc1O3. The first-order valence-corrected chi connectivity index (χ1v) is 20.1. The van der Waals surface area contributed by atoms with Crippen molar-refractivity contribution in [2.75, 3.05) is 0 Å². The molecule has 0 spiro atoms. The van der Waals surface area contributed by atoms with E-state index >= 15 is 0 Å². The van der Waals surface area contributed by atoms with Gasteiger partial charge in [0.05, 0.1) is 11.4 Å². The molecule has 9 aromatic carbocycles. The molecule has 1 aromatic heterocycles. The lowest BCUT2D eigenvalue weighted by Gasteiger charge is -2.25. The summed E-state index contributed by atoms with van der Waals surface area (Å²) < 4.78 is 13.1. The fourth-order valence-corrected chi connectivity index (χ4v) is 9.34. The Morgan fingerprint density at radius 1 is 0.339 bits per heavy atom. The number of aromatic nitrogens is 2. The van der Waals surface area contributed by atoms with Crippen molar-refractivity contribution in [3.8, 4) is 79.2 Å². The summed E-state index contributed by atoms with van der Waals surface area (Å²) in [5.74, 6) is 3.55. The van der Waals surface area contributed by atoms with Gasteiger partial charge in [-0.1, -0.05) is 153 Å². The Hall–Kier alpha value is -7.56. The van der Waals surface area contributed by atoms with Gasteiger partial charge in [-0.2, -0.15) is 0 Å². The quantitative estimate of drug-likeness (QED) is 0.168. The van der Waals surface area contributed by atoms with Gasteiger partial charge in [0.25, 0.3) is 0 Å². The van der Waals surface area contributed by atoms with Crippen LogP contribution in [-0.2, 0) is 5.41 Å². The third-order valence-corrected chi connectivity index (χ3v) is 12.3. The van der Waals surface area contributed by atoms with Crippen LogP contribution < -0.4 is 9.47 Å². The van der Waals surface area contributed by atoms with Crippen molar-refractivity contribution in [3.05, 3.63) is 193 Å². The molecule has 12 rings (SSSR count). The first-order valence-electron chi connectivity index (χ1n) is 20.1. The molecule has 4 heteroatoms. The van der Waals surface area contributed by atoms with Gasteiger partial charge in [0.15, 0.2) is 28.8 Å². The molecule has 1 aliphatic carbocycles. The molecule has 0 unspecified atom stereocenters. The van der Waals surface area contributed by atoms with Crippen LogP contribution in [0.2, 0.25) is 0 Å². The summed E-state index contributed by atoms with van der Waals surface area (Å²) >= 11 is 0. The highest BCUT2D eigenvalue weighted by Gasteiger charge is 2.37. The van der Waals surface area contributed by atoms with E-state index in [9.17, 15) is 0 Å². The number of ether oxygens (including phenoxy) is 2. The molecule has 1 aliphatic heterocycles. The maximum Gasteiger partial charge on any atom is 0.170 e. The van der Waals surface area contributed by atoms with E-state index in [0.29, 0.717) is 17.3 Å². The molecule has 2 aliphatic rings. The van der Waals surface area contributed by atoms with Crippen LogP contribution in [0.25, 0.3) is 88.5 Å². The number of nitrogens with zero attached hydrogens (tertiary/aromatic N) is 2. The second-order valence-electron chi connectivity index (χ2n) is 16.1. The zero-order valence-corrected chi connectivity index (χ0v) is 32.5. The normalized spacial score (nSPS) is 13.3. The van der Waals surface area contributed by atoms with Crippen molar-refractivity contribution in [3.63, 3.8) is 0 Å². The second-order valence-corrected chi connectivity index (χ2v) is 16.1. The first-order chi connectivity index (χ1) is 29.0. The molecule has 0 saturated heterocycles. The summed E-state index contributed by atoms with van der Waals surface area (Å²) in [5, 5.41) is 7.43. The zero-order chi connectivity index (χ0) is 39.2. The minimum absolute atomic E-state index is 0.120. The molecule has 10 aromatic rings. The lowest BCUT2D eigenvalue weighted by molar-refractivity contribution is 0.359. The number of hydrogen-bond acceptors (Lipinski definition) is 4. The maximum absolute atomic E-state index is 6.63. The lowest BCUT2D eigenvalue weighted by Crippen LogP contribution is -2.15. The largest absolute Gasteiger partial charge is 0.450 e. The van der Waals surface area contributed by atoms with Crippen molar-refractivity contribution < 1.29 is 9.47 Å². The van der Waals surface area contributed by atoms with Crippen LogP contribution in [0, 0.1) is 0 Å². The highest BCUT2D eigenvalue weighted by molar-refractivity contribution is 6.25. The lowest BCUT2D eigenvalue weighted by atomic mass is 9.82. The molecule has 0 saturated carbocycles. The minimum atomic E-state index is -0.120. The summed E-state index contributed by atoms with van der Waals surface area (Å²) in [6.07, 6.45) is 0. The fraction of sp³-hybridized carbons (Fsp3) is 0.0545. The zero-order valence-electron chi connectivity index (χ0n) is 32.5. The molecule has 0 radical (unpaired) electrons. The topological polar surface area (TPSA) is 44.2 Å². The molecular formula is C55H36N2O2. The van der Waals surface area contributed by atoms with Crippen LogP contribution in [0.15, 0.2) is 182 Å². The highest BCUT2D eigenvalue weighted by atomic mass is 16.6. The Labute approximate surface area is 342 Å². The Morgan fingerprint density at radius 2 is 0.881 bits per heavy atom. The molecule has 0 amide bonds. The van der Waals surface area contributed by atoms with E-state index in [1.807, 2.05) is 24.3 Å². The second kappa shape index (κ2) is 12.7. The molecule has 4 nitrogen and oxygen atoms in total. The van der Waals surface area contributed by atoms with Crippen molar-refractivity contribution in [1.82, 2.24) is 9.97 Å². The van der Waals surface area contributed by atoms with Crippen LogP contribution in [0.1, 0.15) is 25.0 Å². The molecule has 0 atom stereocenters. The Bertz CT molecular complexity index is 3330. The average Bonchev–Trinajstić information content (AvgIpc) is 3.52. The van der Waals surface area contributed by atoms with E-state index < -0.39 is 0 Å². The third kappa shape index (κ3) is 5.30. The van der Waals surface area contributed by atoms with Crippen LogP contribution in [0.4, 0.5) is 0 Å². The third-order valence-electron chi connectivity index (χ3n) is 12.3. The van der Waals surface area contributed by atoms with Crippen molar-refractivity contribution >= 4 is 32.3 Å². The number of rotatable bonds is 4. The van der Waals surface area contributed by atoms with Gasteiger partial charge in [-0.05, 0) is 108 Å². The van der Waals surface area contributed by atoms with E-state index in [0.717, 1.165) is 50.7 Å². The Balaban J connectivity index is 0.941. The molecule has 0 bridgehead atoms. The number of benzene rings is 9. The van der Waals surface area contributed by atoms with Crippen LogP contribution in [0.5, 0.6) is 23.0 Å². The summed E-state index contributed by atoms with van der Waals surface area (Å²) in [4.78, 5) is 10.4. The predicted octanol–water partition coefficient (Wildman–Crippen LogP) is 14.8. The van der Waals surface area contributed by atoms with Crippen molar-refractivity contribution in [1.29, 1.82) is 0 Å². The fourth-order valence-electron chi connectivity index (χ4n) is 9.34. The van der Waals surface area contributed by atoms with Crippen LogP contribution >= 0.6 is 0 Å². The maximum atomic E-state index is 6.63. The van der Waals surface area contributed by atoms with Gasteiger partial charge in [0.2, 0.25) is 0 Å². The van der Waals surface area contributed by atoms with Crippen LogP contribution in [0.3, 0.4) is 0 Å². The predicted molar refractivity (Wildman–Crippen MR) is 240 cm³/mol. The Morgan fingerprint density at radius 3 is 1.64 bits per heavy atom. The van der Waals surface area contributed by atoms with Gasteiger partial charge < -0.3 is 9.47 Å². The standard InChI is InChI=1S/C55H36N2O2/c1-55(2)46-22-11-10-21-43(46)45-30-52-53(31-47(45)55)58-50-26-24-35(29-51(50)59-52)34-15-12-16-36(27-34)48-32-49(57-54(56-48)33-13-4-3-5-14-33)37-23-25-42-40-19-7-6-17-38(40)39-18-8-9-20-41(39)44(42)28-37/h3-32H,1-2H3. The molecular weight excluding hydrogens is 721 g/mol. The van der Waals surface area contributed by atoms with Crippen LogP contribution in [-0.4, -0.2) is 9.97 Å². The van der Waals surface area contributed by atoms with Crippen molar-refractivity contribution in [2.24, 2.45) is 0 Å². The van der Waals surface area contributed by atoms with E-state index in [4.69, 9.17) is 19.4 Å². The summed E-state index contributed by atoms with van der Waals surface area (Å²) in [6, 6.07) is 64.1. The molecule has 0 fully saturated rings. The van der Waals surface area contributed by atoms with Gasteiger partial charge in [0.1, 0.15) is 0 Å². The van der Waals surface area contributed by atoms with E-state index in [1.165, 1.54) is 54.6 Å². The minimum Gasteiger partial charge on any atom is -0.450 e. The monoisotopic (exact) mass is 756 g/mol. The summed E-state index contributed by atoms with van der Waals surface area (Å²) in [6.45, 7) is 4.55. The number of hydrogen-bond donors (Lipinski definition) is 0. The van der Waals surface area contributed by atoms with E-state index in [1.54, 1.807) is 0 Å². The highest BCUT2D eigenvalue weighted by Crippen LogP contribution is 2.55. The Kier molecular flexibility index (Phi) is 7.24. The van der Waals surface area contributed by atoms with Crippen molar-refractivity contribution in [2.45, 2.75) is 19.3 Å². The van der Waals surface area contributed by atoms with Gasteiger partial charge in [0, 0.05) is 22.1 Å². The summed E-state index contributed by atoms with van der Waals surface area (Å²) in [7, 11) is 0. The number of fused-ring (bicyclic) bond motifs is 11. The van der Waals surface area contributed by atoms with E-state index in [2.05, 4.69) is 172 Å².